The van der Waals surface area contributed by atoms with E-state index < -0.39 is 0 Å². The molecule has 0 fully saturated rings. The molecule has 8 nitrogen and oxygen atoms in total. The highest BCUT2D eigenvalue weighted by atomic mass is 16.2. The third kappa shape index (κ3) is 5.73. The molecule has 1 aliphatic rings. The van der Waals surface area contributed by atoms with Gasteiger partial charge in [0.2, 0.25) is 11.9 Å². The molecule has 1 aliphatic heterocycles. The Morgan fingerprint density at radius 2 is 1.48 bits per heavy atom. The van der Waals surface area contributed by atoms with Gasteiger partial charge in [-0.2, -0.15) is 10.1 Å². The van der Waals surface area contributed by atoms with Crippen molar-refractivity contribution in [2.24, 2.45) is 0 Å². The summed E-state index contributed by atoms with van der Waals surface area (Å²) in [6, 6.07) is 7.01. The van der Waals surface area contributed by atoms with Crippen LogP contribution in [0, 0.1) is 0 Å². The average molecular weight is 397 g/mol. The zero-order valence-electron chi connectivity index (χ0n) is 16.5. The monoisotopic (exact) mass is 397 g/mol. The first-order chi connectivity index (χ1) is 14.2. The quantitative estimate of drug-likeness (QED) is 0.421. The first-order valence-electron chi connectivity index (χ1n) is 10.3. The van der Waals surface area contributed by atoms with Crippen LogP contribution in [-0.4, -0.2) is 44.3 Å². The average Bonchev–Trinajstić information content (AvgIpc) is 3.31. The molecule has 1 aromatic heterocycles. The fraction of sp³-hybridized carbons (Fsp3) is 0.476. The molecule has 8 heteroatoms. The number of nitrogens with one attached hydrogen (secondary N) is 2. The van der Waals surface area contributed by atoms with E-state index in [9.17, 15) is 14.4 Å². The van der Waals surface area contributed by atoms with E-state index in [4.69, 9.17) is 0 Å². The van der Waals surface area contributed by atoms with E-state index in [0.29, 0.717) is 30.0 Å². The molecule has 0 bridgehead atoms. The Morgan fingerprint density at radius 1 is 0.897 bits per heavy atom. The van der Waals surface area contributed by atoms with Crippen molar-refractivity contribution in [3.05, 3.63) is 41.7 Å². The van der Waals surface area contributed by atoms with Gasteiger partial charge in [-0.25, -0.2) is 5.10 Å². The second-order valence-electron chi connectivity index (χ2n) is 7.27. The molecule has 0 radical (unpaired) electrons. The van der Waals surface area contributed by atoms with Gasteiger partial charge in [-0.15, -0.1) is 0 Å². The van der Waals surface area contributed by atoms with E-state index in [2.05, 4.69) is 20.5 Å². The summed E-state index contributed by atoms with van der Waals surface area (Å²) < 4.78 is 0. The molecule has 2 N–H and O–H groups in total. The molecule has 154 valence electrons. The van der Waals surface area contributed by atoms with Crippen molar-refractivity contribution in [3.63, 3.8) is 0 Å². The van der Waals surface area contributed by atoms with Crippen LogP contribution in [0.2, 0.25) is 0 Å². The summed E-state index contributed by atoms with van der Waals surface area (Å²) >= 11 is 0. The maximum Gasteiger partial charge on any atom is 0.261 e. The highest BCUT2D eigenvalue weighted by molar-refractivity contribution is 6.21. The summed E-state index contributed by atoms with van der Waals surface area (Å²) in [6.07, 6.45) is 10.0. The normalized spacial score (nSPS) is 13.0. The number of unbranched alkanes of at least 4 members (excludes halogenated alkanes) is 7. The topological polar surface area (TPSA) is 108 Å². The van der Waals surface area contributed by atoms with Gasteiger partial charge in [0.15, 0.2) is 0 Å². The largest absolute Gasteiger partial charge is 0.295 e. The van der Waals surface area contributed by atoms with Gasteiger partial charge in [-0.3, -0.25) is 24.6 Å². The fourth-order valence-corrected chi connectivity index (χ4v) is 3.52. The summed E-state index contributed by atoms with van der Waals surface area (Å²) in [4.78, 5) is 41.5. The van der Waals surface area contributed by atoms with Crippen LogP contribution in [0.4, 0.5) is 5.95 Å². The van der Waals surface area contributed by atoms with Crippen LogP contribution in [0.5, 0.6) is 0 Å². The molecule has 1 aromatic carbocycles. The van der Waals surface area contributed by atoms with Crippen LogP contribution in [0.15, 0.2) is 30.6 Å². The van der Waals surface area contributed by atoms with Crippen LogP contribution < -0.4 is 5.32 Å². The van der Waals surface area contributed by atoms with E-state index in [1.54, 1.807) is 24.3 Å². The minimum absolute atomic E-state index is 0.0464. The summed E-state index contributed by atoms with van der Waals surface area (Å²) in [6.45, 7) is 0.493. The number of aromatic nitrogens is 3. The molecular weight excluding hydrogens is 370 g/mol. The Kier molecular flexibility index (Phi) is 7.49. The molecule has 0 aliphatic carbocycles. The number of hydrogen-bond acceptors (Lipinski definition) is 5. The molecule has 29 heavy (non-hydrogen) atoms. The lowest BCUT2D eigenvalue weighted by Crippen LogP contribution is -2.30. The predicted octanol–water partition coefficient (Wildman–Crippen LogP) is 3.55. The standard InChI is InChI=1S/C21H27N5O3/c27-18(24-21-22-15-23-25-21)13-7-5-3-1-2-4-6-10-14-26-19(28)16-11-8-9-12-17(16)20(26)29/h8-9,11-12,15H,1-7,10,13-14H2,(H2,22,23,24,25,27). The summed E-state index contributed by atoms with van der Waals surface area (Å²) in [5, 5.41) is 8.94. The van der Waals surface area contributed by atoms with Crippen molar-refractivity contribution in [1.82, 2.24) is 20.1 Å². The van der Waals surface area contributed by atoms with Gasteiger partial charge < -0.3 is 0 Å². The molecular formula is C21H27N5O3. The van der Waals surface area contributed by atoms with Gasteiger partial charge in [0.1, 0.15) is 6.33 Å². The molecule has 3 rings (SSSR count). The zero-order chi connectivity index (χ0) is 20.5. The lowest BCUT2D eigenvalue weighted by Gasteiger charge is -2.13. The van der Waals surface area contributed by atoms with E-state index in [1.807, 2.05) is 0 Å². The van der Waals surface area contributed by atoms with Gasteiger partial charge in [0.25, 0.3) is 11.8 Å². The Balaban J connectivity index is 1.18. The first kappa shape index (κ1) is 20.7. The molecule has 0 saturated carbocycles. The second kappa shape index (κ2) is 10.5. The molecule has 0 unspecified atom stereocenters. The summed E-state index contributed by atoms with van der Waals surface area (Å²) in [5.74, 6) is 0.00186. The van der Waals surface area contributed by atoms with Crippen LogP contribution in [0.25, 0.3) is 0 Å². The molecule has 0 atom stereocenters. The number of carbonyl (C=O) groups excluding carboxylic acids is 3. The molecule has 2 aromatic rings. The van der Waals surface area contributed by atoms with Crippen molar-refractivity contribution in [3.8, 4) is 0 Å². The highest BCUT2D eigenvalue weighted by Gasteiger charge is 2.34. The number of hydrogen-bond donors (Lipinski definition) is 2. The second-order valence-corrected chi connectivity index (χ2v) is 7.27. The number of anilines is 1. The van der Waals surface area contributed by atoms with Crippen molar-refractivity contribution in [1.29, 1.82) is 0 Å². The molecule has 0 spiro atoms. The lowest BCUT2D eigenvalue weighted by atomic mass is 10.1. The Hall–Kier alpha value is -3.03. The molecule has 2 heterocycles. The fourth-order valence-electron chi connectivity index (χ4n) is 3.52. The third-order valence-electron chi connectivity index (χ3n) is 5.09. The SMILES string of the molecule is O=C(CCCCCCCCCCN1C(=O)c2ccccc2C1=O)Nc1ncn[nH]1. The molecule has 0 saturated heterocycles. The Bertz CT molecular complexity index is 800. The van der Waals surface area contributed by atoms with Crippen molar-refractivity contribution < 1.29 is 14.4 Å². The third-order valence-corrected chi connectivity index (χ3v) is 5.09. The van der Waals surface area contributed by atoms with Crippen LogP contribution >= 0.6 is 0 Å². The van der Waals surface area contributed by atoms with Crippen molar-refractivity contribution in [2.75, 3.05) is 11.9 Å². The number of aromatic amines is 1. The minimum atomic E-state index is -0.169. The first-order valence-corrected chi connectivity index (χ1v) is 10.3. The predicted molar refractivity (Wildman–Crippen MR) is 108 cm³/mol. The van der Waals surface area contributed by atoms with E-state index in [0.717, 1.165) is 51.4 Å². The minimum Gasteiger partial charge on any atom is -0.295 e. The maximum absolute atomic E-state index is 12.3. The maximum atomic E-state index is 12.3. The number of carbonyl (C=O) groups is 3. The van der Waals surface area contributed by atoms with Gasteiger partial charge >= 0.3 is 0 Å². The smallest absolute Gasteiger partial charge is 0.261 e. The van der Waals surface area contributed by atoms with Gasteiger partial charge in [-0.05, 0) is 25.0 Å². The summed E-state index contributed by atoms with van der Waals surface area (Å²) in [5.41, 5.74) is 1.04. The van der Waals surface area contributed by atoms with Crippen molar-refractivity contribution >= 4 is 23.7 Å². The Labute approximate surface area is 170 Å². The summed E-state index contributed by atoms with van der Waals surface area (Å²) in [7, 11) is 0. The van der Waals surface area contributed by atoms with Crippen LogP contribution in [0.1, 0.15) is 78.5 Å². The Morgan fingerprint density at radius 3 is 2.07 bits per heavy atom. The van der Waals surface area contributed by atoms with Gasteiger partial charge in [0, 0.05) is 13.0 Å². The number of H-pyrrole nitrogens is 1. The van der Waals surface area contributed by atoms with E-state index >= 15 is 0 Å². The van der Waals surface area contributed by atoms with Gasteiger partial charge in [0.05, 0.1) is 11.1 Å². The number of rotatable bonds is 12. The number of fused-ring (bicyclic) bond motifs is 1. The van der Waals surface area contributed by atoms with E-state index in [1.165, 1.54) is 11.2 Å². The van der Waals surface area contributed by atoms with Crippen LogP contribution in [0.3, 0.4) is 0 Å². The molecule has 3 amide bonds. The number of benzene rings is 1. The highest BCUT2D eigenvalue weighted by Crippen LogP contribution is 2.23. The number of imide groups is 1. The number of nitrogens with zero attached hydrogens (tertiary/aromatic N) is 3. The van der Waals surface area contributed by atoms with E-state index in [-0.39, 0.29) is 17.7 Å². The van der Waals surface area contributed by atoms with Crippen molar-refractivity contribution in [2.45, 2.75) is 57.8 Å². The lowest BCUT2D eigenvalue weighted by molar-refractivity contribution is -0.116. The van der Waals surface area contributed by atoms with Crippen LogP contribution in [-0.2, 0) is 4.79 Å². The van der Waals surface area contributed by atoms with Gasteiger partial charge in [-0.1, -0.05) is 50.7 Å². The number of amides is 3. The zero-order valence-corrected chi connectivity index (χ0v) is 16.5.